The second-order valence-corrected chi connectivity index (χ2v) is 6.55. The molecule has 140 valence electrons. The zero-order chi connectivity index (χ0) is 19.5. The summed E-state index contributed by atoms with van der Waals surface area (Å²) in [5.74, 6) is -0.218. The fourth-order valence-electron chi connectivity index (χ4n) is 3.44. The highest BCUT2D eigenvalue weighted by molar-refractivity contribution is 6.66. The van der Waals surface area contributed by atoms with E-state index in [4.69, 9.17) is 0 Å². The molecule has 28 heavy (non-hydrogen) atoms. The number of amides is 1. The zero-order valence-electron chi connectivity index (χ0n) is 16.0. The molecule has 5 nitrogen and oxygen atoms in total. The Kier molecular flexibility index (Phi) is 4.89. The summed E-state index contributed by atoms with van der Waals surface area (Å²) >= 11 is 0. The molecule has 0 N–H and O–H groups in total. The van der Waals surface area contributed by atoms with Crippen molar-refractivity contribution in [3.05, 3.63) is 66.7 Å². The van der Waals surface area contributed by atoms with E-state index in [0.717, 1.165) is 40.9 Å². The van der Waals surface area contributed by atoms with Crippen molar-refractivity contribution in [3.8, 4) is 0 Å². The van der Waals surface area contributed by atoms with Gasteiger partial charge < -0.3 is 4.90 Å². The first-order chi connectivity index (χ1) is 13.7. The summed E-state index contributed by atoms with van der Waals surface area (Å²) in [5, 5.41) is 7.79. The maximum absolute atomic E-state index is 12.9. The van der Waals surface area contributed by atoms with Crippen LogP contribution in [0.1, 0.15) is 13.8 Å². The first-order valence-electron chi connectivity index (χ1n) is 9.51. The summed E-state index contributed by atoms with van der Waals surface area (Å²) in [7, 11) is 0. The number of nitrogens with zero attached hydrogens (tertiary/aromatic N) is 4. The smallest absolute Gasteiger partial charge is 0.298 e. The van der Waals surface area contributed by atoms with E-state index in [0.29, 0.717) is 5.71 Å². The normalized spacial score (nSPS) is 15.0. The molecule has 5 heteroatoms. The monoisotopic (exact) mass is 370 g/mol. The highest BCUT2D eigenvalue weighted by Gasteiger charge is 2.26. The van der Waals surface area contributed by atoms with Crippen LogP contribution in [0.5, 0.6) is 0 Å². The van der Waals surface area contributed by atoms with Crippen molar-refractivity contribution in [1.82, 2.24) is 0 Å². The van der Waals surface area contributed by atoms with Crippen LogP contribution in [0.4, 0.5) is 17.1 Å². The molecule has 1 aliphatic rings. The Labute approximate surface area is 164 Å². The number of hydrogen-bond acceptors (Lipinski definition) is 4. The molecule has 0 atom stereocenters. The van der Waals surface area contributed by atoms with Gasteiger partial charge in [-0.15, -0.1) is 0 Å². The van der Waals surface area contributed by atoms with E-state index in [1.807, 2.05) is 66.7 Å². The predicted octanol–water partition coefficient (Wildman–Crippen LogP) is 4.79. The maximum atomic E-state index is 12.9. The minimum Gasteiger partial charge on any atom is -0.372 e. The molecular formula is C23H22N4O. The Morgan fingerprint density at radius 3 is 2.39 bits per heavy atom. The van der Waals surface area contributed by atoms with Gasteiger partial charge in [-0.05, 0) is 49.6 Å². The summed E-state index contributed by atoms with van der Waals surface area (Å²) < 4.78 is 0. The van der Waals surface area contributed by atoms with Gasteiger partial charge in [0.1, 0.15) is 0 Å². The molecule has 0 unspecified atom stereocenters. The number of carbonyl (C=O) groups is 1. The lowest BCUT2D eigenvalue weighted by molar-refractivity contribution is -0.112. The molecule has 0 aromatic heterocycles. The third-order valence-electron chi connectivity index (χ3n) is 4.93. The predicted molar refractivity (Wildman–Crippen MR) is 117 cm³/mol. The number of carbonyl (C=O) groups excluding carboxylic acids is 1. The van der Waals surface area contributed by atoms with Crippen LogP contribution in [0, 0.1) is 0 Å². The molecule has 0 fully saturated rings. The van der Waals surface area contributed by atoms with Crippen LogP contribution in [0.3, 0.4) is 0 Å². The van der Waals surface area contributed by atoms with Crippen molar-refractivity contribution in [2.45, 2.75) is 13.8 Å². The second kappa shape index (κ2) is 7.64. The summed E-state index contributed by atoms with van der Waals surface area (Å²) in [6.45, 7) is 6.17. The Hall–Kier alpha value is -3.47. The van der Waals surface area contributed by atoms with Crippen LogP contribution in [0.15, 0.2) is 76.8 Å². The van der Waals surface area contributed by atoms with Crippen molar-refractivity contribution in [2.75, 3.05) is 23.0 Å². The minimum absolute atomic E-state index is 0.218. The van der Waals surface area contributed by atoms with E-state index in [2.05, 4.69) is 28.8 Å². The molecule has 0 spiro atoms. The molecule has 1 amide bonds. The number of aliphatic imine (C=N–C) groups is 1. The highest BCUT2D eigenvalue weighted by Crippen LogP contribution is 2.29. The first-order valence-corrected chi connectivity index (χ1v) is 9.51. The van der Waals surface area contributed by atoms with Crippen molar-refractivity contribution >= 4 is 45.7 Å². The van der Waals surface area contributed by atoms with Gasteiger partial charge in [0.15, 0.2) is 5.71 Å². The lowest BCUT2D eigenvalue weighted by atomic mass is 10.1. The molecule has 1 aliphatic heterocycles. The maximum Gasteiger partial charge on any atom is 0.298 e. The van der Waals surface area contributed by atoms with Crippen molar-refractivity contribution in [3.63, 3.8) is 0 Å². The SMILES string of the molecule is CCN(CC)c1ccc(N=C2C=NN(c3cccc4ccccc34)C2=O)cc1. The topological polar surface area (TPSA) is 48.3 Å². The van der Waals surface area contributed by atoms with Crippen LogP contribution in [0.2, 0.25) is 0 Å². The summed E-state index contributed by atoms with van der Waals surface area (Å²) in [4.78, 5) is 19.7. The molecular weight excluding hydrogens is 348 g/mol. The molecule has 0 radical (unpaired) electrons. The minimum atomic E-state index is -0.218. The van der Waals surface area contributed by atoms with Gasteiger partial charge in [0.05, 0.1) is 17.6 Å². The molecule has 4 rings (SSSR count). The number of hydrazone groups is 1. The molecule has 1 heterocycles. The molecule has 0 saturated heterocycles. The summed E-state index contributed by atoms with van der Waals surface area (Å²) in [5.41, 5.74) is 2.99. The molecule has 3 aromatic carbocycles. The van der Waals surface area contributed by atoms with Gasteiger partial charge in [0.2, 0.25) is 0 Å². The van der Waals surface area contributed by atoms with Gasteiger partial charge >= 0.3 is 0 Å². The number of fused-ring (bicyclic) bond motifs is 1. The molecule has 3 aromatic rings. The Morgan fingerprint density at radius 1 is 0.929 bits per heavy atom. The van der Waals surface area contributed by atoms with Gasteiger partial charge in [0, 0.05) is 24.2 Å². The average Bonchev–Trinajstić information content (AvgIpc) is 3.10. The average molecular weight is 370 g/mol. The van der Waals surface area contributed by atoms with Gasteiger partial charge in [-0.3, -0.25) is 4.79 Å². The molecule has 0 saturated carbocycles. The molecule has 0 aliphatic carbocycles. The van der Waals surface area contributed by atoms with E-state index in [1.165, 1.54) is 11.2 Å². The second-order valence-electron chi connectivity index (χ2n) is 6.55. The van der Waals surface area contributed by atoms with Crippen LogP contribution in [-0.2, 0) is 4.79 Å². The van der Waals surface area contributed by atoms with Crippen LogP contribution in [-0.4, -0.2) is 30.9 Å². The van der Waals surface area contributed by atoms with E-state index in [9.17, 15) is 4.79 Å². The third-order valence-corrected chi connectivity index (χ3v) is 4.93. The largest absolute Gasteiger partial charge is 0.372 e. The van der Waals surface area contributed by atoms with Crippen LogP contribution in [0.25, 0.3) is 10.8 Å². The quantitative estimate of drug-likeness (QED) is 0.648. The van der Waals surface area contributed by atoms with Crippen molar-refractivity contribution < 1.29 is 4.79 Å². The third kappa shape index (κ3) is 3.27. The van der Waals surface area contributed by atoms with E-state index >= 15 is 0 Å². The number of anilines is 2. The Balaban J connectivity index is 1.60. The number of benzene rings is 3. The summed E-state index contributed by atoms with van der Waals surface area (Å²) in [6.07, 6.45) is 1.53. The van der Waals surface area contributed by atoms with E-state index in [-0.39, 0.29) is 5.91 Å². The Bertz CT molecular complexity index is 1060. The standard InChI is InChI=1S/C23H22N4O/c1-3-26(4-2)19-14-12-18(13-15-19)25-21-16-24-27(23(21)28)22-11-7-9-17-8-5-6-10-20(17)22/h5-16H,3-4H2,1-2H3. The van der Waals surface area contributed by atoms with Gasteiger partial charge in [-0.2, -0.15) is 10.1 Å². The Morgan fingerprint density at radius 2 is 1.64 bits per heavy atom. The fourth-order valence-corrected chi connectivity index (χ4v) is 3.44. The first kappa shape index (κ1) is 17.9. The lowest BCUT2D eigenvalue weighted by Crippen LogP contribution is -2.26. The van der Waals surface area contributed by atoms with Gasteiger partial charge in [-0.25, -0.2) is 4.99 Å². The van der Waals surface area contributed by atoms with Crippen LogP contribution < -0.4 is 9.91 Å². The fraction of sp³-hybridized carbons (Fsp3) is 0.174. The number of rotatable bonds is 5. The number of hydrogen-bond donors (Lipinski definition) is 0. The van der Waals surface area contributed by atoms with Crippen LogP contribution >= 0.6 is 0 Å². The lowest BCUT2D eigenvalue weighted by Gasteiger charge is -2.20. The molecule has 0 bridgehead atoms. The van der Waals surface area contributed by atoms with Crippen molar-refractivity contribution in [2.24, 2.45) is 10.1 Å². The highest BCUT2D eigenvalue weighted by atomic mass is 16.2. The summed E-state index contributed by atoms with van der Waals surface area (Å²) in [6, 6.07) is 21.8. The van der Waals surface area contributed by atoms with Gasteiger partial charge in [0.25, 0.3) is 5.91 Å². The van der Waals surface area contributed by atoms with Crippen molar-refractivity contribution in [1.29, 1.82) is 0 Å². The van der Waals surface area contributed by atoms with E-state index in [1.54, 1.807) is 0 Å². The zero-order valence-corrected chi connectivity index (χ0v) is 16.0. The van der Waals surface area contributed by atoms with E-state index < -0.39 is 0 Å². The van der Waals surface area contributed by atoms with Gasteiger partial charge in [-0.1, -0.05) is 36.4 Å².